The molecule has 4 rings (SSSR count). The minimum atomic E-state index is -3.87. The molecule has 2 aromatic heterocycles. The van der Waals surface area contributed by atoms with Crippen LogP contribution in [0.3, 0.4) is 0 Å². The average molecular weight is 438 g/mol. The second-order valence-electron chi connectivity index (χ2n) is 7.24. The molecule has 0 aliphatic rings. The lowest BCUT2D eigenvalue weighted by atomic mass is 10.2. The van der Waals surface area contributed by atoms with Crippen molar-refractivity contribution < 1.29 is 13.2 Å². The molecule has 0 radical (unpaired) electrons. The van der Waals surface area contributed by atoms with Crippen LogP contribution in [0.15, 0.2) is 59.5 Å². The highest BCUT2D eigenvalue weighted by atomic mass is 32.2. The fraction of sp³-hybridized carbons (Fsp3) is 0.227. The van der Waals surface area contributed by atoms with Crippen LogP contribution >= 0.6 is 0 Å². The van der Waals surface area contributed by atoms with E-state index in [1.165, 1.54) is 0 Å². The minimum Gasteiger partial charge on any atom is -0.473 e. The first-order valence-corrected chi connectivity index (χ1v) is 11.3. The SMILES string of the molecule is Cc1cc(C)n(CCOc2nc3ccccc3nc2NS(=O)(=O)c2ccccc2C)n1. The molecule has 31 heavy (non-hydrogen) atoms. The number of aryl methyl sites for hydroxylation is 3. The Bertz CT molecular complexity index is 1350. The van der Waals surface area contributed by atoms with Crippen LogP contribution in [0, 0.1) is 20.8 Å². The molecule has 9 heteroatoms. The monoisotopic (exact) mass is 437 g/mol. The first-order chi connectivity index (χ1) is 14.8. The number of aromatic nitrogens is 4. The maximum atomic E-state index is 13.0. The van der Waals surface area contributed by atoms with Crippen molar-refractivity contribution in [3.8, 4) is 5.88 Å². The average Bonchev–Trinajstić information content (AvgIpc) is 3.05. The molecular weight excluding hydrogens is 414 g/mol. The second-order valence-corrected chi connectivity index (χ2v) is 8.89. The molecule has 0 aliphatic heterocycles. The number of hydrogen-bond acceptors (Lipinski definition) is 6. The Morgan fingerprint density at radius 2 is 1.65 bits per heavy atom. The summed E-state index contributed by atoms with van der Waals surface area (Å²) in [5.74, 6) is 0.174. The maximum Gasteiger partial charge on any atom is 0.263 e. The third kappa shape index (κ3) is 4.51. The van der Waals surface area contributed by atoms with E-state index < -0.39 is 10.0 Å². The molecule has 0 atom stereocenters. The summed E-state index contributed by atoms with van der Waals surface area (Å²) in [5, 5.41) is 4.41. The maximum absolute atomic E-state index is 13.0. The minimum absolute atomic E-state index is 0.0512. The Morgan fingerprint density at radius 3 is 2.32 bits per heavy atom. The van der Waals surface area contributed by atoms with E-state index in [4.69, 9.17) is 4.74 Å². The fourth-order valence-corrected chi connectivity index (χ4v) is 4.57. The van der Waals surface area contributed by atoms with Crippen LogP contribution in [0.4, 0.5) is 5.82 Å². The number of benzene rings is 2. The molecule has 1 N–H and O–H groups in total. The third-order valence-corrected chi connectivity index (χ3v) is 6.30. The largest absolute Gasteiger partial charge is 0.473 e. The van der Waals surface area contributed by atoms with Crippen LogP contribution in [-0.2, 0) is 16.6 Å². The summed E-state index contributed by atoms with van der Waals surface area (Å²) < 4.78 is 36.3. The summed E-state index contributed by atoms with van der Waals surface area (Å²) in [4.78, 5) is 9.13. The first kappa shape index (κ1) is 20.8. The molecule has 2 heterocycles. The molecule has 0 fully saturated rings. The Kier molecular flexibility index (Phi) is 5.60. The molecule has 0 bridgehead atoms. The van der Waals surface area contributed by atoms with Crippen molar-refractivity contribution in [1.82, 2.24) is 19.7 Å². The smallest absolute Gasteiger partial charge is 0.263 e. The molecule has 160 valence electrons. The molecule has 0 amide bonds. The summed E-state index contributed by atoms with van der Waals surface area (Å²) in [6, 6.07) is 16.0. The van der Waals surface area contributed by atoms with Gasteiger partial charge in [0.05, 0.1) is 28.2 Å². The van der Waals surface area contributed by atoms with Crippen LogP contribution < -0.4 is 9.46 Å². The predicted octanol–water partition coefficient (Wildman–Crippen LogP) is 3.63. The van der Waals surface area contributed by atoms with E-state index in [1.807, 2.05) is 36.7 Å². The lowest BCUT2D eigenvalue weighted by molar-refractivity contribution is 0.281. The van der Waals surface area contributed by atoms with Crippen molar-refractivity contribution in [2.24, 2.45) is 0 Å². The Labute approximate surface area is 181 Å². The Balaban J connectivity index is 1.65. The van der Waals surface area contributed by atoms with E-state index in [9.17, 15) is 8.42 Å². The molecule has 0 saturated heterocycles. The highest BCUT2D eigenvalue weighted by molar-refractivity contribution is 7.92. The van der Waals surface area contributed by atoms with Gasteiger partial charge in [0.2, 0.25) is 5.82 Å². The van der Waals surface area contributed by atoms with E-state index in [-0.39, 0.29) is 23.2 Å². The van der Waals surface area contributed by atoms with E-state index in [0.29, 0.717) is 23.1 Å². The number of rotatable bonds is 7. The fourth-order valence-electron chi connectivity index (χ4n) is 3.32. The summed E-state index contributed by atoms with van der Waals surface area (Å²) >= 11 is 0. The first-order valence-electron chi connectivity index (χ1n) is 9.82. The zero-order valence-electron chi connectivity index (χ0n) is 17.5. The van der Waals surface area contributed by atoms with Crippen LogP contribution in [0.25, 0.3) is 11.0 Å². The zero-order chi connectivity index (χ0) is 22.0. The van der Waals surface area contributed by atoms with Gasteiger partial charge in [-0.05, 0) is 50.6 Å². The molecular formula is C22H23N5O3S. The van der Waals surface area contributed by atoms with Gasteiger partial charge in [-0.3, -0.25) is 9.40 Å². The number of para-hydroxylation sites is 2. The van der Waals surface area contributed by atoms with Gasteiger partial charge in [-0.15, -0.1) is 0 Å². The Hall–Kier alpha value is -3.46. The lowest BCUT2D eigenvalue weighted by Crippen LogP contribution is -2.18. The number of sulfonamides is 1. The highest BCUT2D eigenvalue weighted by Crippen LogP contribution is 2.27. The lowest BCUT2D eigenvalue weighted by Gasteiger charge is -2.14. The summed E-state index contributed by atoms with van der Waals surface area (Å²) in [7, 11) is -3.87. The summed E-state index contributed by atoms with van der Waals surface area (Å²) in [6.45, 7) is 6.40. The van der Waals surface area contributed by atoms with Gasteiger partial charge in [-0.25, -0.2) is 18.4 Å². The molecule has 8 nitrogen and oxygen atoms in total. The van der Waals surface area contributed by atoms with E-state index in [2.05, 4.69) is 19.8 Å². The number of ether oxygens (including phenoxy) is 1. The third-order valence-electron chi connectivity index (χ3n) is 4.80. The van der Waals surface area contributed by atoms with Crippen molar-refractivity contribution in [2.75, 3.05) is 11.3 Å². The van der Waals surface area contributed by atoms with Crippen molar-refractivity contribution in [2.45, 2.75) is 32.2 Å². The van der Waals surface area contributed by atoms with Gasteiger partial charge in [-0.2, -0.15) is 5.10 Å². The standard InChI is InChI=1S/C22H23N5O3S/c1-15-8-4-7-11-20(15)31(28,29)26-21-22(24-19-10-6-5-9-18(19)23-21)30-13-12-27-17(3)14-16(2)25-27/h4-11,14H,12-13H2,1-3H3,(H,23,26). The summed E-state index contributed by atoms with van der Waals surface area (Å²) in [5.41, 5.74) is 3.76. The van der Waals surface area contributed by atoms with Gasteiger partial charge >= 0.3 is 0 Å². The van der Waals surface area contributed by atoms with Crippen LogP contribution in [0.1, 0.15) is 17.0 Å². The normalized spacial score (nSPS) is 11.6. The number of hydrogen-bond donors (Lipinski definition) is 1. The second kappa shape index (κ2) is 8.35. The number of nitrogens with zero attached hydrogens (tertiary/aromatic N) is 4. The molecule has 0 spiro atoms. The van der Waals surface area contributed by atoms with Crippen molar-refractivity contribution >= 4 is 26.9 Å². The van der Waals surface area contributed by atoms with Gasteiger partial charge < -0.3 is 4.74 Å². The molecule has 0 unspecified atom stereocenters. The molecule has 2 aromatic carbocycles. The van der Waals surface area contributed by atoms with Gasteiger partial charge in [0, 0.05) is 5.69 Å². The predicted molar refractivity (Wildman–Crippen MR) is 119 cm³/mol. The van der Waals surface area contributed by atoms with Gasteiger partial charge in [0.25, 0.3) is 15.9 Å². The van der Waals surface area contributed by atoms with Crippen molar-refractivity contribution in [3.63, 3.8) is 0 Å². The van der Waals surface area contributed by atoms with E-state index >= 15 is 0 Å². The molecule has 0 aliphatic carbocycles. The van der Waals surface area contributed by atoms with E-state index in [1.54, 1.807) is 43.3 Å². The van der Waals surface area contributed by atoms with Gasteiger partial charge in [-0.1, -0.05) is 30.3 Å². The number of fused-ring (bicyclic) bond motifs is 1. The number of nitrogens with one attached hydrogen (secondary N) is 1. The quantitative estimate of drug-likeness (QED) is 0.474. The van der Waals surface area contributed by atoms with E-state index in [0.717, 1.165) is 11.4 Å². The van der Waals surface area contributed by atoms with Crippen LogP contribution in [0.5, 0.6) is 5.88 Å². The van der Waals surface area contributed by atoms with Crippen LogP contribution in [0.2, 0.25) is 0 Å². The van der Waals surface area contributed by atoms with Gasteiger partial charge in [0.1, 0.15) is 6.61 Å². The van der Waals surface area contributed by atoms with Gasteiger partial charge in [0.15, 0.2) is 0 Å². The van der Waals surface area contributed by atoms with Crippen molar-refractivity contribution in [1.29, 1.82) is 0 Å². The zero-order valence-corrected chi connectivity index (χ0v) is 18.3. The number of anilines is 1. The summed E-state index contributed by atoms with van der Waals surface area (Å²) in [6.07, 6.45) is 0. The molecule has 4 aromatic rings. The Morgan fingerprint density at radius 1 is 0.968 bits per heavy atom. The highest BCUT2D eigenvalue weighted by Gasteiger charge is 2.21. The van der Waals surface area contributed by atoms with Crippen molar-refractivity contribution in [3.05, 3.63) is 71.5 Å². The topological polar surface area (TPSA) is 99.0 Å². The molecule has 0 saturated carbocycles. The van der Waals surface area contributed by atoms with Crippen LogP contribution in [-0.4, -0.2) is 34.8 Å².